The predicted molar refractivity (Wildman–Crippen MR) is 57.3 cm³/mol. The molecular weight excluding hydrogens is 233 g/mol. The second kappa shape index (κ2) is 4.20. The highest BCUT2D eigenvalue weighted by Gasteiger charge is 2.34. The summed E-state index contributed by atoms with van der Waals surface area (Å²) in [5.41, 5.74) is 0.763. The van der Waals surface area contributed by atoms with Gasteiger partial charge in [0, 0.05) is 11.8 Å². The van der Waals surface area contributed by atoms with Gasteiger partial charge in [0.1, 0.15) is 13.1 Å². The number of benzodiazepines with no additional fused rings is 1. The van der Waals surface area contributed by atoms with E-state index in [4.69, 9.17) is 0 Å². The Morgan fingerprint density at radius 2 is 2.00 bits per heavy atom. The minimum atomic E-state index is -4.42. The zero-order chi connectivity index (χ0) is 12.5. The highest BCUT2D eigenvalue weighted by atomic mass is 19.4. The molecule has 1 aromatic rings. The average Bonchev–Trinajstić information content (AvgIpc) is 2.38. The van der Waals surface area contributed by atoms with Crippen LogP contribution < -0.4 is 4.90 Å². The van der Waals surface area contributed by atoms with Gasteiger partial charge < -0.3 is 4.90 Å². The van der Waals surface area contributed by atoms with Gasteiger partial charge in [-0.1, -0.05) is 18.2 Å². The molecular formula is C11H9F3N2O. The molecule has 0 spiro atoms. The number of nitrogens with zero attached hydrogens (tertiary/aromatic N) is 2. The summed E-state index contributed by atoms with van der Waals surface area (Å²) in [7, 11) is 0. The zero-order valence-electron chi connectivity index (χ0n) is 8.74. The van der Waals surface area contributed by atoms with Crippen LogP contribution in [0, 0.1) is 0 Å². The average molecular weight is 242 g/mol. The fourth-order valence-corrected chi connectivity index (χ4v) is 1.64. The molecule has 2 rings (SSSR count). The number of amides is 1. The normalized spacial score (nSPS) is 15.7. The number of benzene rings is 1. The quantitative estimate of drug-likeness (QED) is 0.741. The number of hydrogen-bond donors (Lipinski definition) is 0. The second-order valence-corrected chi connectivity index (χ2v) is 3.62. The highest BCUT2D eigenvalue weighted by Crippen LogP contribution is 2.25. The Morgan fingerprint density at radius 1 is 1.29 bits per heavy atom. The third-order valence-corrected chi connectivity index (χ3v) is 2.32. The van der Waals surface area contributed by atoms with E-state index in [-0.39, 0.29) is 12.2 Å². The molecule has 1 aliphatic rings. The molecule has 0 radical (unpaired) electrons. The van der Waals surface area contributed by atoms with Crippen LogP contribution in [-0.2, 0) is 4.79 Å². The molecule has 0 bridgehead atoms. The summed E-state index contributed by atoms with van der Waals surface area (Å²) in [6, 6.07) is 6.39. The van der Waals surface area contributed by atoms with Crippen molar-refractivity contribution in [1.82, 2.24) is 0 Å². The Balaban J connectivity index is 2.41. The van der Waals surface area contributed by atoms with Gasteiger partial charge in [-0.3, -0.25) is 9.79 Å². The first-order valence-corrected chi connectivity index (χ1v) is 4.93. The highest BCUT2D eigenvalue weighted by molar-refractivity contribution is 6.03. The van der Waals surface area contributed by atoms with Crippen LogP contribution in [0.2, 0.25) is 0 Å². The third-order valence-electron chi connectivity index (χ3n) is 2.32. The lowest BCUT2D eigenvalue weighted by molar-refractivity contribution is -0.131. The number of carbonyl (C=O) groups is 1. The van der Waals surface area contributed by atoms with Crippen molar-refractivity contribution in [2.75, 3.05) is 18.0 Å². The Morgan fingerprint density at radius 3 is 2.71 bits per heavy atom. The number of para-hydroxylation sites is 1. The van der Waals surface area contributed by atoms with Gasteiger partial charge in [0.25, 0.3) is 0 Å². The summed E-state index contributed by atoms with van der Waals surface area (Å²) in [5, 5.41) is 0. The van der Waals surface area contributed by atoms with Crippen LogP contribution >= 0.6 is 0 Å². The van der Waals surface area contributed by atoms with Crippen molar-refractivity contribution in [1.29, 1.82) is 0 Å². The molecule has 0 atom stereocenters. The lowest BCUT2D eigenvalue weighted by Crippen LogP contribution is -2.40. The Hall–Kier alpha value is -1.85. The number of rotatable bonds is 1. The number of anilines is 1. The number of fused-ring (bicyclic) bond motifs is 1. The van der Waals surface area contributed by atoms with Gasteiger partial charge in [0.05, 0.1) is 5.69 Å². The largest absolute Gasteiger partial charge is 0.406 e. The number of alkyl halides is 3. The molecule has 1 heterocycles. The molecule has 0 aromatic heterocycles. The lowest BCUT2D eigenvalue weighted by Gasteiger charge is -2.23. The molecule has 1 aromatic carbocycles. The molecule has 0 N–H and O–H groups in total. The van der Waals surface area contributed by atoms with Gasteiger partial charge in [0.2, 0.25) is 5.91 Å². The maximum atomic E-state index is 12.4. The van der Waals surface area contributed by atoms with Crippen LogP contribution in [0.15, 0.2) is 29.3 Å². The van der Waals surface area contributed by atoms with Crippen molar-refractivity contribution >= 4 is 17.8 Å². The SMILES string of the molecule is O=C1CN=Cc2ccccc2N1CC(F)(F)F. The maximum absolute atomic E-state index is 12.4. The van der Waals surface area contributed by atoms with Crippen molar-refractivity contribution < 1.29 is 18.0 Å². The fraction of sp³-hybridized carbons (Fsp3) is 0.273. The number of carbonyl (C=O) groups excluding carboxylic acids is 1. The van der Waals surface area contributed by atoms with Gasteiger partial charge in [-0.25, -0.2) is 0 Å². The van der Waals surface area contributed by atoms with Crippen molar-refractivity contribution in [3.63, 3.8) is 0 Å². The van der Waals surface area contributed by atoms with E-state index in [9.17, 15) is 18.0 Å². The van der Waals surface area contributed by atoms with Gasteiger partial charge in [0.15, 0.2) is 0 Å². The molecule has 0 aliphatic carbocycles. The van der Waals surface area contributed by atoms with Crippen LogP contribution in [0.25, 0.3) is 0 Å². The summed E-state index contributed by atoms with van der Waals surface area (Å²) in [5.74, 6) is -0.650. The zero-order valence-corrected chi connectivity index (χ0v) is 8.74. The molecule has 0 unspecified atom stereocenters. The summed E-state index contributed by atoms with van der Waals surface area (Å²) < 4.78 is 37.2. The van der Waals surface area contributed by atoms with E-state index in [1.165, 1.54) is 12.3 Å². The first-order chi connectivity index (χ1) is 7.97. The summed E-state index contributed by atoms with van der Waals surface area (Å²) in [4.78, 5) is 16.1. The molecule has 3 nitrogen and oxygen atoms in total. The molecule has 17 heavy (non-hydrogen) atoms. The Bertz CT molecular complexity index is 468. The van der Waals surface area contributed by atoms with Gasteiger partial charge >= 0.3 is 6.18 Å². The van der Waals surface area contributed by atoms with E-state index in [0.29, 0.717) is 5.56 Å². The minimum absolute atomic E-state index is 0.246. The molecule has 0 fully saturated rings. The van der Waals surface area contributed by atoms with Crippen LogP contribution in [0.3, 0.4) is 0 Å². The molecule has 0 saturated heterocycles. The lowest BCUT2D eigenvalue weighted by atomic mass is 10.1. The topological polar surface area (TPSA) is 32.7 Å². The molecule has 0 saturated carbocycles. The van der Waals surface area contributed by atoms with E-state index >= 15 is 0 Å². The molecule has 90 valence electrons. The van der Waals surface area contributed by atoms with Crippen LogP contribution in [0.1, 0.15) is 5.56 Å². The second-order valence-electron chi connectivity index (χ2n) is 3.62. The maximum Gasteiger partial charge on any atom is 0.406 e. The predicted octanol–water partition coefficient (Wildman–Crippen LogP) is 2.01. The van der Waals surface area contributed by atoms with E-state index in [2.05, 4.69) is 4.99 Å². The van der Waals surface area contributed by atoms with Crippen LogP contribution in [0.4, 0.5) is 18.9 Å². The van der Waals surface area contributed by atoms with Crippen molar-refractivity contribution in [2.45, 2.75) is 6.18 Å². The van der Waals surface area contributed by atoms with Crippen molar-refractivity contribution in [3.05, 3.63) is 29.8 Å². The smallest absolute Gasteiger partial charge is 0.301 e. The Labute approximate surface area is 95.6 Å². The number of halogens is 3. The van der Waals surface area contributed by atoms with E-state index < -0.39 is 18.6 Å². The first-order valence-electron chi connectivity index (χ1n) is 4.93. The Kier molecular flexibility index (Phi) is 2.87. The van der Waals surface area contributed by atoms with Crippen LogP contribution in [0.5, 0.6) is 0 Å². The van der Waals surface area contributed by atoms with Gasteiger partial charge in [-0.15, -0.1) is 0 Å². The van der Waals surface area contributed by atoms with E-state index in [1.807, 2.05) is 0 Å². The monoisotopic (exact) mass is 242 g/mol. The van der Waals surface area contributed by atoms with Gasteiger partial charge in [-0.05, 0) is 6.07 Å². The summed E-state index contributed by atoms with van der Waals surface area (Å²) in [6.07, 6.45) is -3.00. The van der Waals surface area contributed by atoms with E-state index in [1.54, 1.807) is 18.2 Å². The fourth-order valence-electron chi connectivity index (χ4n) is 1.64. The van der Waals surface area contributed by atoms with E-state index in [0.717, 1.165) is 4.90 Å². The number of hydrogen-bond acceptors (Lipinski definition) is 2. The number of aliphatic imine (C=N–C) groups is 1. The third kappa shape index (κ3) is 2.64. The molecule has 6 heteroatoms. The molecule has 1 amide bonds. The first kappa shape index (κ1) is 11.6. The van der Waals surface area contributed by atoms with Gasteiger partial charge in [-0.2, -0.15) is 13.2 Å². The summed E-state index contributed by atoms with van der Waals surface area (Å²) in [6.45, 7) is -1.54. The summed E-state index contributed by atoms with van der Waals surface area (Å²) >= 11 is 0. The minimum Gasteiger partial charge on any atom is -0.301 e. The van der Waals surface area contributed by atoms with Crippen molar-refractivity contribution in [3.8, 4) is 0 Å². The molecule has 1 aliphatic heterocycles. The van der Waals surface area contributed by atoms with Crippen molar-refractivity contribution in [2.24, 2.45) is 4.99 Å². The van der Waals surface area contributed by atoms with Crippen LogP contribution in [-0.4, -0.2) is 31.4 Å². The standard InChI is InChI=1S/C11H9F3N2O/c12-11(13,14)7-16-9-4-2-1-3-8(9)5-15-6-10(16)17/h1-5H,6-7H2.